The molecule has 5 heteroatoms. The van der Waals surface area contributed by atoms with Gasteiger partial charge in [-0.25, -0.2) is 4.79 Å². The number of hydrogen-bond donors (Lipinski definition) is 2. The molecule has 1 aliphatic rings. The van der Waals surface area contributed by atoms with E-state index in [1.807, 2.05) is 0 Å². The molecule has 0 spiro atoms. The van der Waals surface area contributed by atoms with Crippen LogP contribution in [0.3, 0.4) is 0 Å². The Bertz CT molecular complexity index is 457. The third-order valence-corrected chi connectivity index (χ3v) is 2.63. The molecule has 16 heavy (non-hydrogen) atoms. The molecule has 0 bridgehead atoms. The molecule has 1 amide bonds. The zero-order chi connectivity index (χ0) is 11.7. The lowest BCUT2D eigenvalue weighted by molar-refractivity contribution is -0.118. The van der Waals surface area contributed by atoms with Crippen molar-refractivity contribution in [2.45, 2.75) is 6.42 Å². The first-order chi connectivity index (χ1) is 7.59. The summed E-state index contributed by atoms with van der Waals surface area (Å²) in [4.78, 5) is 23.9. The standard InChI is InChI=1S/C11H12N2O3/c1-13-9-3-2-7(11(15)16)6-8(9)12-5-4-10(13)14/h2-3,6,12H,4-5H2,1H3,(H,15,16). The Morgan fingerprint density at radius 2 is 2.25 bits per heavy atom. The molecule has 0 fully saturated rings. The fraction of sp³-hybridized carbons (Fsp3) is 0.273. The van der Waals surface area contributed by atoms with Crippen LogP contribution in [0.15, 0.2) is 18.2 Å². The van der Waals surface area contributed by atoms with Crippen LogP contribution in [0.4, 0.5) is 11.4 Å². The third kappa shape index (κ3) is 1.71. The van der Waals surface area contributed by atoms with E-state index in [-0.39, 0.29) is 11.5 Å². The molecule has 2 rings (SSSR count). The Balaban J connectivity index is 2.47. The van der Waals surface area contributed by atoms with Crippen molar-refractivity contribution in [2.24, 2.45) is 0 Å². The van der Waals surface area contributed by atoms with Crippen molar-refractivity contribution >= 4 is 23.3 Å². The van der Waals surface area contributed by atoms with Crippen LogP contribution in [0.2, 0.25) is 0 Å². The molecule has 0 radical (unpaired) electrons. The van der Waals surface area contributed by atoms with Gasteiger partial charge < -0.3 is 15.3 Å². The lowest BCUT2D eigenvalue weighted by Gasteiger charge is -2.17. The maximum atomic E-state index is 11.6. The lowest BCUT2D eigenvalue weighted by atomic mass is 10.1. The summed E-state index contributed by atoms with van der Waals surface area (Å²) < 4.78 is 0. The van der Waals surface area contributed by atoms with Crippen molar-refractivity contribution in [2.75, 3.05) is 23.8 Å². The normalized spacial score (nSPS) is 15.1. The number of fused-ring (bicyclic) bond motifs is 1. The molecule has 0 saturated carbocycles. The van der Waals surface area contributed by atoms with Crippen molar-refractivity contribution in [1.82, 2.24) is 0 Å². The van der Waals surface area contributed by atoms with Gasteiger partial charge in [-0.15, -0.1) is 0 Å². The summed E-state index contributed by atoms with van der Waals surface area (Å²) in [5.41, 5.74) is 1.62. The minimum atomic E-state index is -0.970. The molecule has 0 unspecified atom stereocenters. The summed E-state index contributed by atoms with van der Waals surface area (Å²) >= 11 is 0. The van der Waals surface area contributed by atoms with Crippen molar-refractivity contribution in [3.8, 4) is 0 Å². The fourth-order valence-corrected chi connectivity index (χ4v) is 1.71. The van der Waals surface area contributed by atoms with E-state index in [0.29, 0.717) is 24.3 Å². The average molecular weight is 220 g/mol. The fourth-order valence-electron chi connectivity index (χ4n) is 1.71. The van der Waals surface area contributed by atoms with E-state index in [9.17, 15) is 9.59 Å². The Morgan fingerprint density at radius 1 is 1.50 bits per heavy atom. The average Bonchev–Trinajstić information content (AvgIpc) is 2.40. The number of hydrogen-bond acceptors (Lipinski definition) is 3. The number of aromatic carboxylic acids is 1. The van der Waals surface area contributed by atoms with E-state index in [1.54, 1.807) is 24.1 Å². The molecule has 5 nitrogen and oxygen atoms in total. The zero-order valence-electron chi connectivity index (χ0n) is 8.86. The molecule has 0 aliphatic carbocycles. The SMILES string of the molecule is CN1C(=O)CCNc2cc(C(=O)O)ccc21. The topological polar surface area (TPSA) is 69.6 Å². The highest BCUT2D eigenvalue weighted by molar-refractivity contribution is 5.99. The third-order valence-electron chi connectivity index (χ3n) is 2.63. The van der Waals surface area contributed by atoms with Gasteiger partial charge in [0.15, 0.2) is 0 Å². The predicted molar refractivity (Wildman–Crippen MR) is 59.9 cm³/mol. The molecule has 1 aromatic carbocycles. The van der Waals surface area contributed by atoms with Crippen LogP contribution in [0.5, 0.6) is 0 Å². The van der Waals surface area contributed by atoms with Gasteiger partial charge in [0.25, 0.3) is 0 Å². The number of rotatable bonds is 1. The van der Waals surface area contributed by atoms with Crippen LogP contribution < -0.4 is 10.2 Å². The van der Waals surface area contributed by atoms with E-state index >= 15 is 0 Å². The number of carboxylic acids is 1. The first kappa shape index (κ1) is 10.5. The minimum Gasteiger partial charge on any atom is -0.478 e. The van der Waals surface area contributed by atoms with Gasteiger partial charge in [0, 0.05) is 20.0 Å². The van der Waals surface area contributed by atoms with Gasteiger partial charge in [0.05, 0.1) is 16.9 Å². The number of carbonyl (C=O) groups excluding carboxylic acids is 1. The van der Waals surface area contributed by atoms with Gasteiger partial charge in [0.1, 0.15) is 0 Å². The first-order valence-corrected chi connectivity index (χ1v) is 4.97. The maximum Gasteiger partial charge on any atom is 0.335 e. The van der Waals surface area contributed by atoms with E-state index in [0.717, 1.165) is 0 Å². The van der Waals surface area contributed by atoms with Crippen molar-refractivity contribution in [1.29, 1.82) is 0 Å². The maximum absolute atomic E-state index is 11.6. The minimum absolute atomic E-state index is 0.0225. The van der Waals surface area contributed by atoms with E-state index in [2.05, 4.69) is 5.32 Å². The highest BCUT2D eigenvalue weighted by atomic mass is 16.4. The number of amides is 1. The van der Waals surface area contributed by atoms with Crippen LogP contribution >= 0.6 is 0 Å². The smallest absolute Gasteiger partial charge is 0.335 e. The quantitative estimate of drug-likeness (QED) is 0.745. The molecule has 0 saturated heterocycles. The largest absolute Gasteiger partial charge is 0.478 e. The number of nitrogens with zero attached hydrogens (tertiary/aromatic N) is 1. The molecular weight excluding hydrogens is 208 g/mol. The van der Waals surface area contributed by atoms with Crippen LogP contribution in [0.1, 0.15) is 16.8 Å². The number of benzene rings is 1. The predicted octanol–water partition coefficient (Wildman–Crippen LogP) is 1.16. The number of anilines is 2. The molecule has 0 atom stereocenters. The molecule has 0 aromatic heterocycles. The van der Waals surface area contributed by atoms with Crippen molar-refractivity contribution in [3.05, 3.63) is 23.8 Å². The van der Waals surface area contributed by atoms with Crippen LogP contribution in [-0.4, -0.2) is 30.6 Å². The Kier molecular flexibility index (Phi) is 2.52. The first-order valence-electron chi connectivity index (χ1n) is 4.97. The van der Waals surface area contributed by atoms with Gasteiger partial charge >= 0.3 is 5.97 Å². The van der Waals surface area contributed by atoms with Gasteiger partial charge in [-0.3, -0.25) is 4.79 Å². The zero-order valence-corrected chi connectivity index (χ0v) is 8.86. The lowest BCUT2D eigenvalue weighted by Crippen LogP contribution is -2.25. The van der Waals surface area contributed by atoms with Gasteiger partial charge in [0.2, 0.25) is 5.91 Å². The van der Waals surface area contributed by atoms with Crippen molar-refractivity contribution < 1.29 is 14.7 Å². The summed E-state index contributed by atoms with van der Waals surface area (Å²) in [6.45, 7) is 0.527. The van der Waals surface area contributed by atoms with Gasteiger partial charge in [-0.2, -0.15) is 0 Å². The monoisotopic (exact) mass is 220 g/mol. The molecule has 2 N–H and O–H groups in total. The van der Waals surface area contributed by atoms with Gasteiger partial charge in [-0.1, -0.05) is 0 Å². The van der Waals surface area contributed by atoms with E-state index < -0.39 is 5.97 Å². The molecular formula is C11H12N2O3. The molecule has 84 valence electrons. The van der Waals surface area contributed by atoms with Crippen LogP contribution in [0, 0.1) is 0 Å². The Labute approximate surface area is 92.7 Å². The van der Waals surface area contributed by atoms with Gasteiger partial charge in [-0.05, 0) is 18.2 Å². The number of carbonyl (C=O) groups is 2. The highest BCUT2D eigenvalue weighted by Gasteiger charge is 2.19. The second kappa shape index (κ2) is 3.84. The second-order valence-electron chi connectivity index (χ2n) is 3.67. The summed E-state index contributed by atoms with van der Waals surface area (Å²) in [6.07, 6.45) is 0.410. The summed E-state index contributed by atoms with van der Waals surface area (Å²) in [6, 6.07) is 4.69. The van der Waals surface area contributed by atoms with Crippen LogP contribution in [-0.2, 0) is 4.79 Å². The summed E-state index contributed by atoms with van der Waals surface area (Å²) in [5.74, 6) is -0.947. The summed E-state index contributed by atoms with van der Waals surface area (Å²) in [5, 5.41) is 11.9. The highest BCUT2D eigenvalue weighted by Crippen LogP contribution is 2.28. The van der Waals surface area contributed by atoms with E-state index in [4.69, 9.17) is 5.11 Å². The molecule has 1 aromatic rings. The Hall–Kier alpha value is -2.04. The molecule has 1 aliphatic heterocycles. The summed E-state index contributed by atoms with van der Waals surface area (Å²) in [7, 11) is 1.69. The van der Waals surface area contributed by atoms with E-state index in [1.165, 1.54) is 6.07 Å². The van der Waals surface area contributed by atoms with Crippen molar-refractivity contribution in [3.63, 3.8) is 0 Å². The second-order valence-corrected chi connectivity index (χ2v) is 3.67. The van der Waals surface area contributed by atoms with Crippen LogP contribution in [0.25, 0.3) is 0 Å². The Morgan fingerprint density at radius 3 is 2.94 bits per heavy atom. The number of carboxylic acid groups (broad SMARTS) is 1. The number of nitrogens with one attached hydrogen (secondary N) is 1. The molecule has 1 heterocycles.